The summed E-state index contributed by atoms with van der Waals surface area (Å²) < 4.78 is 61.3. The third-order valence-corrected chi connectivity index (χ3v) is 3.40. The Bertz CT molecular complexity index is 624. The van der Waals surface area contributed by atoms with Crippen LogP contribution < -0.4 is 9.47 Å². The molecule has 0 saturated carbocycles. The van der Waals surface area contributed by atoms with Crippen molar-refractivity contribution in [3.63, 3.8) is 0 Å². The Morgan fingerprint density at radius 1 is 0.917 bits per heavy atom. The van der Waals surface area contributed by atoms with Gasteiger partial charge in [0.2, 0.25) is 0 Å². The SMILES string of the molecule is CCCCc1ccc(C(F)(F)Oc2ccc(OC(F)F)cc2)cc1. The maximum atomic E-state index is 14.2. The molecule has 0 aliphatic carbocycles. The highest BCUT2D eigenvalue weighted by atomic mass is 19.3. The lowest BCUT2D eigenvalue weighted by molar-refractivity contribution is -0.185. The fourth-order valence-electron chi connectivity index (χ4n) is 2.14. The quantitative estimate of drug-likeness (QED) is 0.568. The molecule has 0 unspecified atom stereocenters. The summed E-state index contributed by atoms with van der Waals surface area (Å²) >= 11 is 0. The fraction of sp³-hybridized carbons (Fsp3) is 0.333. The molecule has 6 heteroatoms. The first-order chi connectivity index (χ1) is 11.4. The minimum Gasteiger partial charge on any atom is -0.435 e. The van der Waals surface area contributed by atoms with Gasteiger partial charge in [-0.25, -0.2) is 0 Å². The second-order valence-electron chi connectivity index (χ2n) is 5.27. The normalized spacial score (nSPS) is 11.6. The van der Waals surface area contributed by atoms with Gasteiger partial charge in [0.15, 0.2) is 0 Å². The summed E-state index contributed by atoms with van der Waals surface area (Å²) in [7, 11) is 0. The Balaban J connectivity index is 2.04. The topological polar surface area (TPSA) is 18.5 Å². The molecule has 0 aliphatic heterocycles. The molecule has 130 valence electrons. The van der Waals surface area contributed by atoms with Crippen molar-refractivity contribution in [1.82, 2.24) is 0 Å². The van der Waals surface area contributed by atoms with Crippen LogP contribution in [0.2, 0.25) is 0 Å². The zero-order chi connectivity index (χ0) is 17.6. The van der Waals surface area contributed by atoms with Gasteiger partial charge in [0.05, 0.1) is 5.56 Å². The molecule has 0 amide bonds. The predicted octanol–water partition coefficient (Wildman–Crippen LogP) is 5.76. The minimum atomic E-state index is -3.52. The highest BCUT2D eigenvalue weighted by Gasteiger charge is 2.34. The van der Waals surface area contributed by atoms with Crippen molar-refractivity contribution in [2.75, 3.05) is 0 Å². The summed E-state index contributed by atoms with van der Waals surface area (Å²) in [6.45, 7) is -0.905. The summed E-state index contributed by atoms with van der Waals surface area (Å²) in [6.07, 6.45) is -0.644. The molecule has 0 heterocycles. The van der Waals surface area contributed by atoms with Crippen molar-refractivity contribution >= 4 is 0 Å². The first-order valence-electron chi connectivity index (χ1n) is 7.62. The molecule has 0 atom stereocenters. The predicted molar refractivity (Wildman–Crippen MR) is 82.7 cm³/mol. The van der Waals surface area contributed by atoms with E-state index in [1.165, 1.54) is 12.1 Å². The molecule has 2 aromatic carbocycles. The Labute approximate surface area is 138 Å². The van der Waals surface area contributed by atoms with Crippen LogP contribution in [0.5, 0.6) is 11.5 Å². The average molecular weight is 342 g/mol. The molecular formula is C18H18F4O2. The minimum absolute atomic E-state index is 0.124. The van der Waals surface area contributed by atoms with Crippen LogP contribution in [0.1, 0.15) is 30.9 Å². The molecule has 2 rings (SSSR count). The summed E-state index contributed by atoms with van der Waals surface area (Å²) in [5, 5.41) is 0. The second kappa shape index (κ2) is 8.04. The molecule has 2 aromatic rings. The molecule has 24 heavy (non-hydrogen) atoms. The number of alkyl halides is 4. The molecule has 0 radical (unpaired) electrons. The summed E-state index contributed by atoms with van der Waals surface area (Å²) in [4.78, 5) is 0. The third kappa shape index (κ3) is 5.15. The van der Waals surface area contributed by atoms with Crippen LogP contribution in [0, 0.1) is 0 Å². The average Bonchev–Trinajstić information content (AvgIpc) is 2.54. The molecule has 0 N–H and O–H groups in total. The van der Waals surface area contributed by atoms with Crippen molar-refractivity contribution < 1.29 is 27.0 Å². The largest absolute Gasteiger partial charge is 0.435 e. The lowest BCUT2D eigenvalue weighted by Crippen LogP contribution is -2.21. The zero-order valence-electron chi connectivity index (χ0n) is 13.1. The number of hydrogen-bond donors (Lipinski definition) is 0. The molecule has 0 spiro atoms. The Kier molecular flexibility index (Phi) is 6.06. The molecule has 0 fully saturated rings. The van der Waals surface area contributed by atoms with Gasteiger partial charge in [0.25, 0.3) is 0 Å². The summed E-state index contributed by atoms with van der Waals surface area (Å²) in [6, 6.07) is 10.6. The van der Waals surface area contributed by atoms with Gasteiger partial charge in [-0.05, 0) is 54.8 Å². The van der Waals surface area contributed by atoms with Gasteiger partial charge < -0.3 is 9.47 Å². The highest BCUT2D eigenvalue weighted by Crippen LogP contribution is 2.32. The number of ether oxygens (including phenoxy) is 2. The first-order valence-corrected chi connectivity index (χ1v) is 7.62. The second-order valence-corrected chi connectivity index (χ2v) is 5.27. The number of hydrogen-bond acceptors (Lipinski definition) is 2. The summed E-state index contributed by atoms with van der Waals surface area (Å²) in [5.74, 6) is -0.266. The Morgan fingerprint density at radius 3 is 2.04 bits per heavy atom. The van der Waals surface area contributed by atoms with E-state index < -0.39 is 12.7 Å². The molecule has 2 nitrogen and oxygen atoms in total. The zero-order valence-corrected chi connectivity index (χ0v) is 13.1. The van der Waals surface area contributed by atoms with Crippen LogP contribution in [0.25, 0.3) is 0 Å². The Hall–Kier alpha value is -2.24. The van der Waals surface area contributed by atoms with Crippen molar-refractivity contribution in [3.05, 3.63) is 59.7 Å². The van der Waals surface area contributed by atoms with Crippen LogP contribution in [0.4, 0.5) is 17.6 Å². The van der Waals surface area contributed by atoms with Crippen LogP contribution in [0.15, 0.2) is 48.5 Å². The molecule has 0 saturated heterocycles. The van der Waals surface area contributed by atoms with Gasteiger partial charge in [0.1, 0.15) is 11.5 Å². The third-order valence-electron chi connectivity index (χ3n) is 3.40. The van der Waals surface area contributed by atoms with E-state index in [2.05, 4.69) is 11.7 Å². The molecule has 0 bridgehead atoms. The number of unbranched alkanes of at least 4 members (excludes halogenated alkanes) is 1. The van der Waals surface area contributed by atoms with Crippen molar-refractivity contribution in [1.29, 1.82) is 0 Å². The van der Waals surface area contributed by atoms with Gasteiger partial charge in [-0.15, -0.1) is 0 Å². The number of rotatable bonds is 8. The van der Waals surface area contributed by atoms with Gasteiger partial charge in [-0.1, -0.05) is 25.5 Å². The van der Waals surface area contributed by atoms with Gasteiger partial charge in [0, 0.05) is 0 Å². The van der Waals surface area contributed by atoms with Crippen molar-refractivity contribution in [2.45, 2.75) is 38.9 Å². The first kappa shape index (κ1) is 18.1. The van der Waals surface area contributed by atoms with E-state index in [0.717, 1.165) is 49.1 Å². The van der Waals surface area contributed by atoms with E-state index in [1.54, 1.807) is 12.1 Å². The Morgan fingerprint density at radius 2 is 1.50 bits per heavy atom. The summed E-state index contributed by atoms with van der Waals surface area (Å²) in [5.41, 5.74) is 0.723. The van der Waals surface area contributed by atoms with Crippen LogP contribution in [-0.2, 0) is 12.5 Å². The van der Waals surface area contributed by atoms with Crippen molar-refractivity contribution in [2.24, 2.45) is 0 Å². The van der Waals surface area contributed by atoms with E-state index >= 15 is 0 Å². The van der Waals surface area contributed by atoms with E-state index in [0.29, 0.717) is 0 Å². The van der Waals surface area contributed by atoms with E-state index in [1.807, 2.05) is 0 Å². The lowest BCUT2D eigenvalue weighted by atomic mass is 10.1. The van der Waals surface area contributed by atoms with Crippen molar-refractivity contribution in [3.8, 4) is 11.5 Å². The smallest absolute Gasteiger partial charge is 0.426 e. The van der Waals surface area contributed by atoms with Crippen LogP contribution in [0.3, 0.4) is 0 Å². The van der Waals surface area contributed by atoms with Crippen LogP contribution in [-0.4, -0.2) is 6.61 Å². The number of aryl methyl sites for hydroxylation is 1. The lowest BCUT2D eigenvalue weighted by Gasteiger charge is -2.18. The molecule has 0 aromatic heterocycles. The van der Waals surface area contributed by atoms with Crippen LogP contribution >= 0.6 is 0 Å². The van der Waals surface area contributed by atoms with E-state index in [4.69, 9.17) is 4.74 Å². The standard InChI is InChI=1S/C18H18F4O2/c1-2-3-4-13-5-7-14(8-6-13)18(21,22)24-16-11-9-15(10-12-16)23-17(19)20/h5-12,17H,2-4H2,1H3. The molecule has 0 aliphatic rings. The highest BCUT2D eigenvalue weighted by molar-refractivity contribution is 5.32. The maximum absolute atomic E-state index is 14.2. The maximum Gasteiger partial charge on any atom is 0.426 e. The number of benzene rings is 2. The fourth-order valence-corrected chi connectivity index (χ4v) is 2.14. The van der Waals surface area contributed by atoms with Gasteiger partial charge >= 0.3 is 12.7 Å². The van der Waals surface area contributed by atoms with E-state index in [-0.39, 0.29) is 17.1 Å². The van der Waals surface area contributed by atoms with Gasteiger partial charge in [-0.3, -0.25) is 0 Å². The number of halogens is 4. The molecular weight excluding hydrogens is 324 g/mol. The van der Waals surface area contributed by atoms with Gasteiger partial charge in [-0.2, -0.15) is 17.6 Å². The van der Waals surface area contributed by atoms with E-state index in [9.17, 15) is 17.6 Å². The monoisotopic (exact) mass is 342 g/mol.